The van der Waals surface area contributed by atoms with Crippen molar-refractivity contribution < 1.29 is 20.4 Å². The lowest BCUT2D eigenvalue weighted by Gasteiger charge is -2.33. The topological polar surface area (TPSA) is 80.9 Å². The molecule has 0 radical (unpaired) electrons. The number of rotatable bonds is 17. The van der Waals surface area contributed by atoms with E-state index in [-0.39, 0.29) is 57.5 Å². The van der Waals surface area contributed by atoms with Crippen molar-refractivity contribution in [2.45, 2.75) is 162 Å². The van der Waals surface area contributed by atoms with Crippen LogP contribution < -0.4 is 0 Å². The van der Waals surface area contributed by atoms with Gasteiger partial charge in [-0.3, -0.25) is 0 Å². The summed E-state index contributed by atoms with van der Waals surface area (Å²) in [5, 5.41) is 46.2. The van der Waals surface area contributed by atoms with Crippen LogP contribution in [0.25, 0.3) is 0 Å². The van der Waals surface area contributed by atoms with Crippen LogP contribution >= 0.6 is 15.9 Å². The van der Waals surface area contributed by atoms with Gasteiger partial charge in [-0.1, -0.05) is 117 Å². The van der Waals surface area contributed by atoms with Crippen LogP contribution in [0, 0.1) is 11.8 Å². The summed E-state index contributed by atoms with van der Waals surface area (Å²) >= 11 is 3.54. The molecule has 4 atom stereocenters. The number of phenolic OH excluding ortho intramolecular Hbond substituents is 4. The Labute approximate surface area is 330 Å². The fourth-order valence-corrected chi connectivity index (χ4v) is 9.30. The van der Waals surface area contributed by atoms with Gasteiger partial charge in [0.15, 0.2) is 0 Å². The second kappa shape index (κ2) is 18.6. The van der Waals surface area contributed by atoms with Crippen LogP contribution in [0.5, 0.6) is 23.0 Å². The van der Waals surface area contributed by atoms with Gasteiger partial charge in [0.25, 0.3) is 0 Å². The number of alkyl halides is 1. The number of halogens is 1. The van der Waals surface area contributed by atoms with Crippen molar-refractivity contribution in [1.82, 2.24) is 0 Å². The van der Waals surface area contributed by atoms with E-state index in [2.05, 4.69) is 96.1 Å². The second-order valence-electron chi connectivity index (χ2n) is 17.7. The standard InChI is InChI=1S/C48H69BrO4/c1-10-34-19-21-38(40(26-34)46-43(52)29-36(30-44(46)53)48(8,9)23-16-24-49)33(5)17-14-12-11-13-15-22-47(6,7)35-27-41(50)45(42(51)28-35)39-25-32(4)18-20-37(39)31(2)3/h17,25-30,37-40,50-53H,2,10-16,18-24H2,1,3-9H3. The Morgan fingerprint density at radius 1 is 0.736 bits per heavy atom. The smallest absolute Gasteiger partial charge is 0.123 e. The lowest BCUT2D eigenvalue weighted by molar-refractivity contribution is 0.396. The van der Waals surface area contributed by atoms with Crippen LogP contribution in [0.1, 0.15) is 173 Å². The van der Waals surface area contributed by atoms with Gasteiger partial charge >= 0.3 is 0 Å². The predicted molar refractivity (Wildman–Crippen MR) is 228 cm³/mol. The number of aromatic hydroxyl groups is 4. The molecular weight excluding hydrogens is 720 g/mol. The normalized spacial score (nSPS) is 21.3. The highest BCUT2D eigenvalue weighted by Gasteiger charge is 2.34. The molecular formula is C48H69BrO4. The molecule has 0 spiro atoms. The number of unbranched alkanes of at least 4 members (excludes halogenated alkanes) is 4. The Hall–Kier alpha value is -2.92. The molecule has 2 aromatic rings. The van der Waals surface area contributed by atoms with Crippen LogP contribution in [0.3, 0.4) is 0 Å². The van der Waals surface area contributed by atoms with Crippen molar-refractivity contribution in [3.63, 3.8) is 0 Å². The van der Waals surface area contributed by atoms with Crippen LogP contribution in [0.4, 0.5) is 0 Å². The Balaban J connectivity index is 1.35. The predicted octanol–water partition coefficient (Wildman–Crippen LogP) is 14.1. The Morgan fingerprint density at radius 2 is 1.23 bits per heavy atom. The van der Waals surface area contributed by atoms with E-state index < -0.39 is 0 Å². The molecule has 0 saturated heterocycles. The average Bonchev–Trinajstić information content (AvgIpc) is 3.09. The van der Waals surface area contributed by atoms with E-state index in [9.17, 15) is 20.4 Å². The van der Waals surface area contributed by atoms with Crippen molar-refractivity contribution in [3.8, 4) is 23.0 Å². The van der Waals surface area contributed by atoms with Gasteiger partial charge in [-0.25, -0.2) is 0 Å². The van der Waals surface area contributed by atoms with Gasteiger partial charge in [0.2, 0.25) is 0 Å². The Bertz CT molecular complexity index is 1630. The molecule has 2 aliphatic carbocycles. The minimum Gasteiger partial charge on any atom is -0.507 e. The first-order valence-corrected chi connectivity index (χ1v) is 21.5. The maximum atomic E-state index is 11.4. The van der Waals surface area contributed by atoms with Gasteiger partial charge in [-0.05, 0) is 143 Å². The summed E-state index contributed by atoms with van der Waals surface area (Å²) in [4.78, 5) is 0. The van der Waals surface area contributed by atoms with Gasteiger partial charge in [0.05, 0.1) is 0 Å². The molecule has 0 aromatic heterocycles. The Morgan fingerprint density at radius 3 is 1.74 bits per heavy atom. The van der Waals surface area contributed by atoms with Crippen LogP contribution in [-0.2, 0) is 10.8 Å². The first-order valence-electron chi connectivity index (χ1n) is 20.4. The summed E-state index contributed by atoms with van der Waals surface area (Å²) < 4.78 is 0. The van der Waals surface area contributed by atoms with Gasteiger partial charge < -0.3 is 20.4 Å². The fourth-order valence-electron chi connectivity index (χ4n) is 9.02. The van der Waals surface area contributed by atoms with Gasteiger partial charge in [-0.15, -0.1) is 0 Å². The van der Waals surface area contributed by atoms with Crippen molar-refractivity contribution in [1.29, 1.82) is 0 Å². The molecule has 4 rings (SSSR count). The second-order valence-corrected chi connectivity index (χ2v) is 18.5. The number of allylic oxidation sites excluding steroid dienone is 7. The Kier molecular flexibility index (Phi) is 15.0. The fraction of sp³-hybridized carbons (Fsp3) is 0.583. The molecule has 292 valence electrons. The van der Waals surface area contributed by atoms with Crippen molar-refractivity contribution in [2.75, 3.05) is 5.33 Å². The van der Waals surface area contributed by atoms with Crippen molar-refractivity contribution in [3.05, 3.63) is 93.6 Å². The average molecular weight is 790 g/mol. The summed E-state index contributed by atoms with van der Waals surface area (Å²) in [6.07, 6.45) is 20.5. The van der Waals surface area contributed by atoms with E-state index in [1.807, 2.05) is 24.3 Å². The number of hydrogen-bond acceptors (Lipinski definition) is 4. The van der Waals surface area contributed by atoms with E-state index in [4.69, 9.17) is 0 Å². The molecule has 4 N–H and O–H groups in total. The highest BCUT2D eigenvalue weighted by atomic mass is 79.9. The maximum absolute atomic E-state index is 11.4. The zero-order chi connectivity index (χ0) is 39.1. The highest BCUT2D eigenvalue weighted by molar-refractivity contribution is 9.09. The van der Waals surface area contributed by atoms with E-state index in [0.717, 1.165) is 106 Å². The quantitative estimate of drug-likeness (QED) is 0.0731. The van der Waals surface area contributed by atoms with E-state index in [1.165, 1.54) is 16.7 Å². The first kappa shape index (κ1) is 42.8. The van der Waals surface area contributed by atoms with Gasteiger partial charge in [0.1, 0.15) is 23.0 Å². The highest BCUT2D eigenvalue weighted by Crippen LogP contribution is 2.50. The third-order valence-electron chi connectivity index (χ3n) is 12.7. The first-order chi connectivity index (χ1) is 25.0. The monoisotopic (exact) mass is 788 g/mol. The van der Waals surface area contributed by atoms with Gasteiger partial charge in [-0.2, -0.15) is 0 Å². The van der Waals surface area contributed by atoms with Gasteiger partial charge in [0, 0.05) is 28.3 Å². The lowest BCUT2D eigenvalue weighted by Crippen LogP contribution is -2.20. The van der Waals surface area contributed by atoms with E-state index in [1.54, 1.807) is 0 Å². The van der Waals surface area contributed by atoms with Crippen LogP contribution in [-0.4, -0.2) is 25.8 Å². The molecule has 0 aliphatic heterocycles. The van der Waals surface area contributed by atoms with E-state index >= 15 is 0 Å². The molecule has 2 aromatic carbocycles. The number of hydrogen-bond donors (Lipinski definition) is 4. The molecule has 4 unspecified atom stereocenters. The number of benzene rings is 2. The molecule has 4 nitrogen and oxygen atoms in total. The SMILES string of the molecule is C=C(C)C1CCC(C)=CC1c1c(O)cc(C(C)(C)CCCCCCC=C(C)C2CCC(CC)=CC2c2c(O)cc(C(C)(C)CCCBr)cc2O)cc1O. The third-order valence-corrected chi connectivity index (χ3v) is 13.3. The molecule has 0 fully saturated rings. The van der Waals surface area contributed by atoms with E-state index in [0.29, 0.717) is 11.1 Å². The minimum atomic E-state index is -0.171. The summed E-state index contributed by atoms with van der Waals surface area (Å²) in [7, 11) is 0. The van der Waals surface area contributed by atoms with Crippen molar-refractivity contribution >= 4 is 15.9 Å². The summed E-state index contributed by atoms with van der Waals surface area (Å²) in [5.74, 6) is 1.16. The summed E-state index contributed by atoms with van der Waals surface area (Å²) in [5.41, 5.74) is 8.09. The van der Waals surface area contributed by atoms with Crippen LogP contribution in [0.15, 0.2) is 71.4 Å². The maximum Gasteiger partial charge on any atom is 0.123 e. The zero-order valence-corrected chi connectivity index (χ0v) is 35.7. The molecule has 0 bridgehead atoms. The number of phenols is 4. The zero-order valence-electron chi connectivity index (χ0n) is 34.1. The molecule has 2 aliphatic rings. The van der Waals surface area contributed by atoms with Crippen LogP contribution in [0.2, 0.25) is 0 Å². The third kappa shape index (κ3) is 10.6. The molecule has 0 heterocycles. The largest absolute Gasteiger partial charge is 0.507 e. The van der Waals surface area contributed by atoms with Crippen molar-refractivity contribution in [2.24, 2.45) is 11.8 Å². The lowest BCUT2D eigenvalue weighted by atomic mass is 9.71. The minimum absolute atomic E-state index is 0.0411. The molecule has 53 heavy (non-hydrogen) atoms. The molecule has 0 saturated carbocycles. The summed E-state index contributed by atoms with van der Waals surface area (Å²) in [6.45, 7) is 21.6. The summed E-state index contributed by atoms with van der Waals surface area (Å²) in [6, 6.07) is 7.55. The molecule has 5 heteroatoms. The molecule has 0 amide bonds.